The molecule has 0 aliphatic carbocycles. The van der Waals surface area contributed by atoms with Crippen molar-refractivity contribution in [3.63, 3.8) is 0 Å². The van der Waals surface area contributed by atoms with Crippen molar-refractivity contribution in [1.29, 1.82) is 0 Å². The van der Waals surface area contributed by atoms with Crippen LogP contribution in [0.5, 0.6) is 0 Å². The van der Waals surface area contributed by atoms with Crippen molar-refractivity contribution in [2.45, 2.75) is 0 Å². The van der Waals surface area contributed by atoms with E-state index in [0.29, 0.717) is 38.3 Å². The number of ether oxygens (including phenoxy) is 3. The first kappa shape index (κ1) is 11.6. The van der Waals surface area contributed by atoms with E-state index >= 15 is 0 Å². The zero-order valence-corrected chi connectivity index (χ0v) is 8.15. The molecule has 0 radical (unpaired) electrons. The summed E-state index contributed by atoms with van der Waals surface area (Å²) < 4.78 is 15.0. The monoisotopic (exact) mass is 198 g/mol. The Labute approximate surface area is 78.2 Å². The molecule has 0 aromatic heterocycles. The van der Waals surface area contributed by atoms with Crippen molar-refractivity contribution in [2.24, 2.45) is 0 Å². The van der Waals surface area contributed by atoms with Crippen molar-refractivity contribution >= 4 is 25.3 Å². The van der Waals surface area contributed by atoms with Crippen molar-refractivity contribution in [1.82, 2.24) is 0 Å². The summed E-state index contributed by atoms with van der Waals surface area (Å²) in [7, 11) is 0. The molecule has 0 aliphatic rings. The van der Waals surface area contributed by atoms with Crippen LogP contribution in [0.4, 0.5) is 0 Å². The fourth-order valence-electron chi connectivity index (χ4n) is 0.467. The third-order valence-corrected chi connectivity index (χ3v) is 1.29. The van der Waals surface area contributed by atoms with Gasteiger partial charge in [-0.25, -0.2) is 0 Å². The fraction of sp³-hybridized carbons (Fsp3) is 1.00. The predicted octanol–water partition coefficient (Wildman–Crippen LogP) is 0.811. The minimum Gasteiger partial charge on any atom is -0.377 e. The van der Waals surface area contributed by atoms with E-state index in [0.717, 1.165) is 0 Å². The molecule has 0 heterocycles. The first-order chi connectivity index (χ1) is 5.41. The lowest BCUT2D eigenvalue weighted by atomic mass is 10.7. The first-order valence-corrected chi connectivity index (χ1v) is 4.63. The molecule has 0 rings (SSSR count). The zero-order chi connectivity index (χ0) is 8.36. The second-order valence-electron chi connectivity index (χ2n) is 1.69. The third kappa shape index (κ3) is 10.6. The molecule has 0 aromatic rings. The van der Waals surface area contributed by atoms with Crippen LogP contribution >= 0.6 is 25.3 Å². The average Bonchev–Trinajstić information content (AvgIpc) is 2.03. The van der Waals surface area contributed by atoms with Gasteiger partial charge in [-0.15, -0.1) is 0 Å². The van der Waals surface area contributed by atoms with Gasteiger partial charge in [-0.1, -0.05) is 0 Å². The highest BCUT2D eigenvalue weighted by molar-refractivity contribution is 7.80. The predicted molar refractivity (Wildman–Crippen MR) is 50.4 cm³/mol. The average molecular weight is 198 g/mol. The van der Waals surface area contributed by atoms with Gasteiger partial charge in [0.15, 0.2) is 0 Å². The van der Waals surface area contributed by atoms with E-state index in [4.69, 9.17) is 14.2 Å². The minimum atomic E-state index is 0.441. The number of hydrogen-bond acceptors (Lipinski definition) is 5. The van der Waals surface area contributed by atoms with Gasteiger partial charge in [0.2, 0.25) is 0 Å². The molecule has 0 saturated carbocycles. The molecular formula is C6H14O3S2. The summed E-state index contributed by atoms with van der Waals surface area (Å²) in [5, 5.41) is 0. The van der Waals surface area contributed by atoms with E-state index < -0.39 is 0 Å². The summed E-state index contributed by atoms with van der Waals surface area (Å²) >= 11 is 7.73. The van der Waals surface area contributed by atoms with Gasteiger partial charge < -0.3 is 14.2 Å². The maximum Gasteiger partial charge on any atom is 0.0893 e. The third-order valence-electron chi connectivity index (χ3n) is 0.927. The Morgan fingerprint density at radius 2 is 1.00 bits per heavy atom. The van der Waals surface area contributed by atoms with Crippen LogP contribution in [-0.4, -0.2) is 38.3 Å². The van der Waals surface area contributed by atoms with Gasteiger partial charge in [-0.3, -0.25) is 0 Å². The molecule has 0 unspecified atom stereocenters. The van der Waals surface area contributed by atoms with Crippen LogP contribution in [0.1, 0.15) is 0 Å². The summed E-state index contributed by atoms with van der Waals surface area (Å²) in [4.78, 5) is 0. The van der Waals surface area contributed by atoms with Gasteiger partial charge >= 0.3 is 0 Å². The summed E-state index contributed by atoms with van der Waals surface area (Å²) in [5.74, 6) is 0.882. The van der Waals surface area contributed by atoms with Crippen LogP contribution in [0.25, 0.3) is 0 Å². The second-order valence-corrected chi connectivity index (χ2v) is 2.20. The maximum atomic E-state index is 5.12. The van der Waals surface area contributed by atoms with Crippen molar-refractivity contribution in [3.8, 4) is 0 Å². The minimum absolute atomic E-state index is 0.441. The highest BCUT2D eigenvalue weighted by Crippen LogP contribution is 1.82. The van der Waals surface area contributed by atoms with Crippen molar-refractivity contribution < 1.29 is 14.2 Å². The Balaban J connectivity index is 2.69. The molecule has 0 fully saturated rings. The van der Waals surface area contributed by atoms with Gasteiger partial charge in [-0.2, -0.15) is 25.3 Å². The van der Waals surface area contributed by atoms with E-state index in [1.54, 1.807) is 0 Å². The molecule has 68 valence electrons. The first-order valence-electron chi connectivity index (χ1n) is 3.36. The number of thiol groups is 2. The molecule has 0 aliphatic heterocycles. The van der Waals surface area contributed by atoms with Crippen LogP contribution in [0.15, 0.2) is 0 Å². The van der Waals surface area contributed by atoms with Gasteiger partial charge in [0.25, 0.3) is 0 Å². The van der Waals surface area contributed by atoms with E-state index in [-0.39, 0.29) is 0 Å². The smallest absolute Gasteiger partial charge is 0.0893 e. The Morgan fingerprint density at radius 1 is 0.636 bits per heavy atom. The highest BCUT2D eigenvalue weighted by atomic mass is 32.1. The number of hydrogen-bond donors (Lipinski definition) is 2. The standard InChI is InChI=1S/C6H14O3S2/c10-5-8-3-1-7-2-4-9-6-11/h10-11H,1-6H2. The van der Waals surface area contributed by atoms with Crippen LogP contribution in [-0.2, 0) is 14.2 Å². The molecule has 3 nitrogen and oxygen atoms in total. The second kappa shape index (κ2) is 10.6. The summed E-state index contributed by atoms with van der Waals surface area (Å²) in [5.41, 5.74) is 0. The van der Waals surface area contributed by atoms with Gasteiger partial charge in [-0.05, 0) is 0 Å². The molecule has 11 heavy (non-hydrogen) atoms. The molecule has 0 saturated heterocycles. The van der Waals surface area contributed by atoms with Crippen molar-refractivity contribution in [2.75, 3.05) is 38.3 Å². The molecule has 0 spiro atoms. The SMILES string of the molecule is SCOCCOCCOCS. The molecule has 0 atom stereocenters. The molecule has 5 heteroatoms. The molecule has 0 bridgehead atoms. The topological polar surface area (TPSA) is 27.7 Å². The van der Waals surface area contributed by atoms with Gasteiger partial charge in [0.1, 0.15) is 0 Å². The normalized spacial score (nSPS) is 10.4. The highest BCUT2D eigenvalue weighted by Gasteiger charge is 1.87. The van der Waals surface area contributed by atoms with Crippen molar-refractivity contribution in [3.05, 3.63) is 0 Å². The number of rotatable bonds is 8. The van der Waals surface area contributed by atoms with E-state index in [1.807, 2.05) is 0 Å². The van der Waals surface area contributed by atoms with Crippen LogP contribution < -0.4 is 0 Å². The van der Waals surface area contributed by atoms with Gasteiger partial charge in [0, 0.05) is 0 Å². The van der Waals surface area contributed by atoms with Crippen LogP contribution in [0.3, 0.4) is 0 Å². The van der Waals surface area contributed by atoms with E-state index in [2.05, 4.69) is 25.3 Å². The molecule has 0 N–H and O–H groups in total. The quantitative estimate of drug-likeness (QED) is 0.343. The Morgan fingerprint density at radius 3 is 1.36 bits per heavy atom. The Kier molecular flexibility index (Phi) is 11.1. The Bertz CT molecular complexity index is 64.8. The lowest BCUT2D eigenvalue weighted by Crippen LogP contribution is -2.08. The van der Waals surface area contributed by atoms with E-state index in [9.17, 15) is 0 Å². The molecular weight excluding hydrogens is 184 g/mol. The summed E-state index contributed by atoms with van der Waals surface area (Å²) in [6.07, 6.45) is 0. The summed E-state index contributed by atoms with van der Waals surface area (Å²) in [6, 6.07) is 0. The summed E-state index contributed by atoms with van der Waals surface area (Å²) in [6.45, 7) is 2.36. The largest absolute Gasteiger partial charge is 0.377 e. The lowest BCUT2D eigenvalue weighted by molar-refractivity contribution is 0.0332. The van der Waals surface area contributed by atoms with E-state index in [1.165, 1.54) is 0 Å². The molecule has 0 amide bonds. The van der Waals surface area contributed by atoms with Crippen LogP contribution in [0, 0.1) is 0 Å². The van der Waals surface area contributed by atoms with Crippen LogP contribution in [0.2, 0.25) is 0 Å². The maximum absolute atomic E-state index is 5.12. The van der Waals surface area contributed by atoms with Gasteiger partial charge in [0.05, 0.1) is 38.3 Å². The molecule has 0 aromatic carbocycles. The fourth-order valence-corrected chi connectivity index (χ4v) is 0.725. The Hall–Kier alpha value is 0.580. The zero-order valence-electron chi connectivity index (χ0n) is 6.36. The lowest BCUT2D eigenvalue weighted by Gasteiger charge is -2.03.